The van der Waals surface area contributed by atoms with Gasteiger partial charge in [0.1, 0.15) is 32.0 Å². The molecule has 1 saturated heterocycles. The molecule has 3 heterocycles. The maximum absolute atomic E-state index is 12.6. The molecule has 0 bridgehead atoms. The minimum atomic E-state index is -0.848. The van der Waals surface area contributed by atoms with Crippen molar-refractivity contribution in [1.29, 1.82) is 0 Å². The summed E-state index contributed by atoms with van der Waals surface area (Å²) < 4.78 is 17.0. The van der Waals surface area contributed by atoms with Crippen LogP contribution in [0.1, 0.15) is 11.1 Å². The Bertz CT molecular complexity index is 1090. The van der Waals surface area contributed by atoms with Gasteiger partial charge in [-0.3, -0.25) is 4.79 Å². The number of hydrogen-bond acceptors (Lipinski definition) is 5. The zero-order chi connectivity index (χ0) is 21.4. The van der Waals surface area contributed by atoms with E-state index in [-0.39, 0.29) is 10.6 Å². The zero-order valence-corrected chi connectivity index (χ0v) is 17.7. The molecule has 2 aromatic rings. The van der Waals surface area contributed by atoms with Gasteiger partial charge in [-0.15, -0.1) is 0 Å². The second kappa shape index (κ2) is 8.05. The van der Waals surface area contributed by atoms with Crippen LogP contribution < -0.4 is 15.4 Å². The molecule has 3 aliphatic heterocycles. The van der Waals surface area contributed by atoms with Gasteiger partial charge in [-0.25, -0.2) is 0 Å². The van der Waals surface area contributed by atoms with Crippen molar-refractivity contribution in [1.82, 2.24) is 0 Å². The molecular formula is C23H23N3O4S. The van der Waals surface area contributed by atoms with Gasteiger partial charge in [0.15, 0.2) is 11.5 Å². The third-order valence-corrected chi connectivity index (χ3v) is 7.16. The number of ether oxygens (including phenoxy) is 1. The van der Waals surface area contributed by atoms with E-state index in [4.69, 9.17) is 4.74 Å². The summed E-state index contributed by atoms with van der Waals surface area (Å²) in [5, 5.41) is 18.9. The molecule has 0 atom stereocenters. The molecule has 7 nitrogen and oxygen atoms in total. The van der Waals surface area contributed by atoms with Crippen molar-refractivity contribution in [3.8, 4) is 5.75 Å². The lowest BCUT2D eigenvalue weighted by atomic mass is 10.0. The highest BCUT2D eigenvalue weighted by atomic mass is 32.2. The van der Waals surface area contributed by atoms with E-state index in [1.807, 2.05) is 54.6 Å². The van der Waals surface area contributed by atoms with Crippen molar-refractivity contribution in [2.75, 3.05) is 48.4 Å². The largest absolute Gasteiger partial charge is 0.632 e. The topological polar surface area (TPSA) is 96.5 Å². The number of rotatable bonds is 4. The third-order valence-electron chi connectivity index (χ3n) is 5.88. The molecule has 2 aromatic carbocycles. The van der Waals surface area contributed by atoms with E-state index < -0.39 is 11.2 Å². The minimum Gasteiger partial charge on any atom is -0.632 e. The standard InChI is InChI=1S/C23H23N3O4S/c27-23-22(18-3-1-2-4-20(18)25-23)21-7-5-16-15-17(6-8-19(16)24-21)30-12-9-26(28)10-13-31(29)14-11-26/h1-8,15,24H,9-14H2,(H,25,27)/b22-21-. The number of amides is 1. The van der Waals surface area contributed by atoms with E-state index in [0.29, 0.717) is 49.1 Å². The number of carbonyl (C=O) groups is 1. The summed E-state index contributed by atoms with van der Waals surface area (Å²) in [6.45, 7) is 1.45. The van der Waals surface area contributed by atoms with Crippen LogP contribution in [0.3, 0.4) is 0 Å². The van der Waals surface area contributed by atoms with Gasteiger partial charge in [-0.2, -0.15) is 0 Å². The number of allylic oxidation sites excluding steroid dienone is 1. The fraction of sp³-hybridized carbons (Fsp3) is 0.261. The van der Waals surface area contributed by atoms with Crippen LogP contribution in [0.25, 0.3) is 11.6 Å². The number of hydrogen-bond donors (Lipinski definition) is 2. The zero-order valence-electron chi connectivity index (χ0n) is 16.9. The SMILES string of the molecule is O=C1Nc2ccccc2/C1=C1\C=Cc2cc(OCC[N+]3([O-])CC[S+]([O-])CC3)ccc2N1. The molecule has 0 spiro atoms. The van der Waals surface area contributed by atoms with Crippen LogP contribution in [0.2, 0.25) is 0 Å². The average Bonchev–Trinajstić information content (AvgIpc) is 3.11. The van der Waals surface area contributed by atoms with E-state index in [1.165, 1.54) is 0 Å². The van der Waals surface area contributed by atoms with E-state index in [1.54, 1.807) is 0 Å². The van der Waals surface area contributed by atoms with E-state index in [0.717, 1.165) is 28.2 Å². The summed E-state index contributed by atoms with van der Waals surface area (Å²) in [5.74, 6) is 1.52. The number of quaternary nitrogens is 1. The number of para-hydroxylation sites is 1. The van der Waals surface area contributed by atoms with Crippen LogP contribution >= 0.6 is 0 Å². The predicted octanol–water partition coefficient (Wildman–Crippen LogP) is 2.94. The Morgan fingerprint density at radius 3 is 2.68 bits per heavy atom. The molecule has 3 aliphatic rings. The number of anilines is 2. The number of benzene rings is 2. The van der Waals surface area contributed by atoms with Crippen molar-refractivity contribution >= 4 is 40.1 Å². The van der Waals surface area contributed by atoms with Gasteiger partial charge < -0.3 is 29.8 Å². The van der Waals surface area contributed by atoms with Gasteiger partial charge in [-0.05, 0) is 41.5 Å². The molecule has 0 unspecified atom stereocenters. The summed E-state index contributed by atoms with van der Waals surface area (Å²) in [7, 11) is 0. The summed E-state index contributed by atoms with van der Waals surface area (Å²) in [6, 6.07) is 13.3. The van der Waals surface area contributed by atoms with E-state index in [2.05, 4.69) is 10.6 Å². The Morgan fingerprint density at radius 2 is 1.84 bits per heavy atom. The summed E-state index contributed by atoms with van der Waals surface area (Å²) in [6.07, 6.45) is 3.85. The van der Waals surface area contributed by atoms with Gasteiger partial charge in [0.2, 0.25) is 0 Å². The normalized spacial score (nSPS) is 26.6. The molecule has 0 aliphatic carbocycles. The van der Waals surface area contributed by atoms with Crippen LogP contribution in [-0.2, 0) is 16.0 Å². The highest BCUT2D eigenvalue weighted by Crippen LogP contribution is 2.37. The number of carbonyl (C=O) groups excluding carboxylic acids is 1. The Kier molecular flexibility index (Phi) is 5.23. The highest BCUT2D eigenvalue weighted by molar-refractivity contribution is 7.91. The number of nitrogens with zero attached hydrogens (tertiary/aromatic N) is 1. The second-order valence-electron chi connectivity index (χ2n) is 7.92. The first-order valence-corrected chi connectivity index (χ1v) is 11.8. The molecule has 0 aromatic heterocycles. The van der Waals surface area contributed by atoms with Crippen LogP contribution in [0.4, 0.5) is 11.4 Å². The second-order valence-corrected chi connectivity index (χ2v) is 9.62. The highest BCUT2D eigenvalue weighted by Gasteiger charge is 2.29. The molecule has 31 heavy (non-hydrogen) atoms. The Morgan fingerprint density at radius 1 is 1.03 bits per heavy atom. The van der Waals surface area contributed by atoms with Crippen molar-refractivity contribution in [2.45, 2.75) is 0 Å². The molecule has 8 heteroatoms. The Balaban J connectivity index is 1.28. The van der Waals surface area contributed by atoms with E-state index in [9.17, 15) is 14.6 Å². The first kappa shape index (κ1) is 20.1. The minimum absolute atomic E-state index is 0.118. The molecule has 0 radical (unpaired) electrons. The van der Waals surface area contributed by atoms with Crippen molar-refractivity contribution in [2.24, 2.45) is 0 Å². The lowest BCUT2D eigenvalue weighted by Gasteiger charge is -2.44. The van der Waals surface area contributed by atoms with Gasteiger partial charge in [0.25, 0.3) is 5.91 Å². The quantitative estimate of drug-likeness (QED) is 0.332. The molecular weight excluding hydrogens is 414 g/mol. The third kappa shape index (κ3) is 4.07. The average molecular weight is 438 g/mol. The number of fused-ring (bicyclic) bond motifs is 2. The summed E-state index contributed by atoms with van der Waals surface area (Å²) >= 11 is -0.848. The maximum Gasteiger partial charge on any atom is 0.258 e. The van der Waals surface area contributed by atoms with Crippen LogP contribution in [-0.4, -0.2) is 52.9 Å². The van der Waals surface area contributed by atoms with Crippen LogP contribution in [0, 0.1) is 5.21 Å². The van der Waals surface area contributed by atoms with E-state index >= 15 is 0 Å². The van der Waals surface area contributed by atoms with Crippen molar-refractivity contribution < 1.29 is 18.7 Å². The van der Waals surface area contributed by atoms with Crippen molar-refractivity contribution in [3.63, 3.8) is 0 Å². The Hall–Kier alpha value is -2.78. The van der Waals surface area contributed by atoms with Gasteiger partial charge in [0.05, 0.1) is 11.3 Å². The molecule has 1 amide bonds. The predicted molar refractivity (Wildman–Crippen MR) is 123 cm³/mol. The van der Waals surface area contributed by atoms with Gasteiger partial charge in [-0.1, -0.05) is 24.3 Å². The van der Waals surface area contributed by atoms with Crippen molar-refractivity contribution in [3.05, 3.63) is 70.6 Å². The maximum atomic E-state index is 12.6. The van der Waals surface area contributed by atoms with Gasteiger partial charge >= 0.3 is 0 Å². The number of hydroxylamine groups is 3. The van der Waals surface area contributed by atoms with Crippen LogP contribution in [0.15, 0.2) is 54.2 Å². The van der Waals surface area contributed by atoms with Crippen LogP contribution in [0.5, 0.6) is 5.75 Å². The lowest BCUT2D eigenvalue weighted by Crippen LogP contribution is -2.54. The first-order chi connectivity index (χ1) is 15.0. The fourth-order valence-electron chi connectivity index (χ4n) is 4.08. The Labute approximate surface area is 183 Å². The molecule has 2 N–H and O–H groups in total. The summed E-state index contributed by atoms with van der Waals surface area (Å²) in [5.41, 5.74) is 4.93. The molecule has 0 saturated carbocycles. The lowest BCUT2D eigenvalue weighted by molar-refractivity contribution is -0.877. The monoisotopic (exact) mass is 437 g/mol. The fourth-order valence-corrected chi connectivity index (χ4v) is 5.35. The smallest absolute Gasteiger partial charge is 0.258 e. The molecule has 5 rings (SSSR count). The first-order valence-electron chi connectivity index (χ1n) is 10.3. The summed E-state index contributed by atoms with van der Waals surface area (Å²) in [4.78, 5) is 12.5. The molecule has 160 valence electrons. The van der Waals surface area contributed by atoms with Gasteiger partial charge in [0, 0.05) is 22.5 Å². The molecule has 1 fully saturated rings. The number of nitrogens with one attached hydrogen (secondary N) is 2.